The molecule has 0 aliphatic rings. The molecule has 0 aliphatic carbocycles. The number of carbonyl (C=O) groups is 1. The molecule has 1 N–H and O–H groups in total. The second-order valence-corrected chi connectivity index (χ2v) is 5.41. The molecule has 0 spiro atoms. The van der Waals surface area contributed by atoms with Crippen LogP contribution in [0.2, 0.25) is 0 Å². The molecule has 2 rings (SSSR count). The number of nitrogens with one attached hydrogen (secondary N) is 1. The van der Waals surface area contributed by atoms with Crippen molar-refractivity contribution in [1.82, 2.24) is 10.4 Å². The van der Waals surface area contributed by atoms with Crippen LogP contribution in [-0.4, -0.2) is 29.8 Å². The van der Waals surface area contributed by atoms with Gasteiger partial charge in [-0.05, 0) is 45.0 Å². The molecule has 0 radical (unpaired) electrons. The number of nitrogens with zero attached hydrogens (tertiary/aromatic N) is 2. The SMILES string of the molecule is COc1cc(C(=O)N/N=C(\C)c2cccnc2)ccc1OC(C)C. The Morgan fingerprint density at radius 3 is 2.62 bits per heavy atom. The number of aromatic nitrogens is 1. The minimum absolute atomic E-state index is 0.0188. The van der Waals surface area contributed by atoms with Gasteiger partial charge in [-0.15, -0.1) is 0 Å². The Hall–Kier alpha value is -2.89. The van der Waals surface area contributed by atoms with Crippen LogP contribution in [-0.2, 0) is 0 Å². The summed E-state index contributed by atoms with van der Waals surface area (Å²) in [6.07, 6.45) is 3.39. The lowest BCUT2D eigenvalue weighted by atomic mass is 10.2. The van der Waals surface area contributed by atoms with Crippen molar-refractivity contribution in [2.45, 2.75) is 26.9 Å². The highest BCUT2D eigenvalue weighted by Crippen LogP contribution is 2.28. The van der Waals surface area contributed by atoms with Crippen molar-refractivity contribution in [3.8, 4) is 11.5 Å². The minimum Gasteiger partial charge on any atom is -0.493 e. The van der Waals surface area contributed by atoms with Crippen molar-refractivity contribution < 1.29 is 14.3 Å². The molecule has 0 aliphatic heterocycles. The van der Waals surface area contributed by atoms with Crippen molar-refractivity contribution in [2.24, 2.45) is 5.10 Å². The van der Waals surface area contributed by atoms with Gasteiger partial charge in [0.05, 0.1) is 18.9 Å². The smallest absolute Gasteiger partial charge is 0.271 e. The van der Waals surface area contributed by atoms with Gasteiger partial charge in [0, 0.05) is 23.5 Å². The summed E-state index contributed by atoms with van der Waals surface area (Å²) in [4.78, 5) is 16.3. The van der Waals surface area contributed by atoms with E-state index in [9.17, 15) is 4.79 Å². The van der Waals surface area contributed by atoms with Crippen molar-refractivity contribution in [2.75, 3.05) is 7.11 Å². The van der Waals surface area contributed by atoms with Crippen LogP contribution < -0.4 is 14.9 Å². The first-order valence-electron chi connectivity index (χ1n) is 7.61. The molecule has 6 heteroatoms. The van der Waals surface area contributed by atoms with E-state index < -0.39 is 0 Å². The molecule has 1 aromatic carbocycles. The highest BCUT2D eigenvalue weighted by molar-refractivity contribution is 6.00. The Morgan fingerprint density at radius 2 is 2.00 bits per heavy atom. The number of ether oxygens (including phenoxy) is 2. The monoisotopic (exact) mass is 327 g/mol. The average Bonchev–Trinajstić information content (AvgIpc) is 2.60. The minimum atomic E-state index is -0.326. The Labute approximate surface area is 141 Å². The van der Waals surface area contributed by atoms with Crippen LogP contribution in [0.15, 0.2) is 47.8 Å². The average molecular weight is 327 g/mol. The van der Waals surface area contributed by atoms with Crippen LogP contribution in [0, 0.1) is 0 Å². The number of hydrogen-bond acceptors (Lipinski definition) is 5. The van der Waals surface area contributed by atoms with Gasteiger partial charge in [0.1, 0.15) is 0 Å². The number of carbonyl (C=O) groups excluding carboxylic acids is 1. The van der Waals surface area contributed by atoms with Gasteiger partial charge in [0.15, 0.2) is 11.5 Å². The van der Waals surface area contributed by atoms with Gasteiger partial charge in [-0.1, -0.05) is 6.07 Å². The molecule has 0 atom stereocenters. The van der Waals surface area contributed by atoms with Crippen LogP contribution in [0.25, 0.3) is 0 Å². The third kappa shape index (κ3) is 4.55. The van der Waals surface area contributed by atoms with Gasteiger partial charge >= 0.3 is 0 Å². The molecule has 1 aromatic heterocycles. The van der Waals surface area contributed by atoms with Gasteiger partial charge in [0.25, 0.3) is 5.91 Å². The first-order valence-corrected chi connectivity index (χ1v) is 7.61. The van der Waals surface area contributed by atoms with Crippen LogP contribution >= 0.6 is 0 Å². The summed E-state index contributed by atoms with van der Waals surface area (Å²) in [5.41, 5.74) is 4.48. The highest BCUT2D eigenvalue weighted by atomic mass is 16.5. The molecular weight excluding hydrogens is 306 g/mol. The third-order valence-corrected chi connectivity index (χ3v) is 3.19. The standard InChI is InChI=1S/C18H21N3O3/c1-12(2)24-16-8-7-14(10-17(16)23-4)18(22)21-20-13(3)15-6-5-9-19-11-15/h5-12H,1-4H3,(H,21,22)/b20-13+. The fraction of sp³-hybridized carbons (Fsp3) is 0.278. The second-order valence-electron chi connectivity index (χ2n) is 5.41. The zero-order valence-electron chi connectivity index (χ0n) is 14.2. The number of benzene rings is 1. The van der Waals surface area contributed by atoms with Crippen LogP contribution in [0.3, 0.4) is 0 Å². The molecule has 6 nitrogen and oxygen atoms in total. The van der Waals surface area contributed by atoms with E-state index in [4.69, 9.17) is 9.47 Å². The Morgan fingerprint density at radius 1 is 1.21 bits per heavy atom. The van der Waals surface area contributed by atoms with E-state index in [0.29, 0.717) is 22.8 Å². The van der Waals surface area contributed by atoms with Crippen molar-refractivity contribution in [3.63, 3.8) is 0 Å². The van der Waals surface area contributed by atoms with E-state index >= 15 is 0 Å². The molecule has 0 saturated heterocycles. The number of pyridine rings is 1. The Kier molecular flexibility index (Phi) is 5.89. The fourth-order valence-electron chi connectivity index (χ4n) is 2.00. The van der Waals surface area contributed by atoms with Gasteiger partial charge < -0.3 is 9.47 Å². The normalized spacial score (nSPS) is 11.3. The van der Waals surface area contributed by atoms with Gasteiger partial charge in [-0.2, -0.15) is 5.10 Å². The molecule has 0 saturated carbocycles. The van der Waals surface area contributed by atoms with Gasteiger partial charge in [0.2, 0.25) is 0 Å². The van der Waals surface area contributed by atoms with Crippen LogP contribution in [0.4, 0.5) is 0 Å². The molecular formula is C18H21N3O3. The van der Waals surface area contributed by atoms with E-state index in [0.717, 1.165) is 5.56 Å². The molecule has 1 heterocycles. The maximum absolute atomic E-state index is 12.3. The molecule has 0 bridgehead atoms. The number of methoxy groups -OCH3 is 1. The molecule has 126 valence electrons. The summed E-state index contributed by atoms with van der Waals surface area (Å²) in [6.45, 7) is 5.66. The fourth-order valence-corrected chi connectivity index (χ4v) is 2.00. The van der Waals surface area contributed by atoms with E-state index in [1.807, 2.05) is 26.0 Å². The lowest BCUT2D eigenvalue weighted by Crippen LogP contribution is -2.19. The molecule has 24 heavy (non-hydrogen) atoms. The summed E-state index contributed by atoms with van der Waals surface area (Å²) >= 11 is 0. The van der Waals surface area contributed by atoms with Crippen molar-refractivity contribution in [3.05, 3.63) is 53.9 Å². The molecule has 0 fully saturated rings. The van der Waals surface area contributed by atoms with Crippen molar-refractivity contribution >= 4 is 11.6 Å². The summed E-state index contributed by atoms with van der Waals surface area (Å²) < 4.78 is 10.9. The number of hydrazone groups is 1. The van der Waals surface area contributed by atoms with Crippen molar-refractivity contribution in [1.29, 1.82) is 0 Å². The Balaban J connectivity index is 2.12. The second kappa shape index (κ2) is 8.10. The predicted octanol–water partition coefficient (Wildman–Crippen LogP) is 3.03. The van der Waals surface area contributed by atoms with Gasteiger partial charge in [-0.3, -0.25) is 9.78 Å². The first-order chi connectivity index (χ1) is 11.5. The maximum atomic E-state index is 12.3. The van der Waals surface area contributed by atoms with E-state index in [-0.39, 0.29) is 12.0 Å². The topological polar surface area (TPSA) is 72.8 Å². The number of amides is 1. The summed E-state index contributed by atoms with van der Waals surface area (Å²) in [6, 6.07) is 8.70. The summed E-state index contributed by atoms with van der Waals surface area (Å²) in [7, 11) is 1.54. The maximum Gasteiger partial charge on any atom is 0.271 e. The third-order valence-electron chi connectivity index (χ3n) is 3.19. The predicted molar refractivity (Wildman–Crippen MR) is 92.7 cm³/mol. The van der Waals surface area contributed by atoms with Crippen LogP contribution in [0.1, 0.15) is 36.7 Å². The van der Waals surface area contributed by atoms with E-state index in [2.05, 4.69) is 15.5 Å². The first kappa shape index (κ1) is 17.5. The largest absolute Gasteiger partial charge is 0.493 e. The highest BCUT2D eigenvalue weighted by Gasteiger charge is 2.12. The quantitative estimate of drug-likeness (QED) is 0.654. The lowest BCUT2D eigenvalue weighted by molar-refractivity contribution is 0.0954. The lowest BCUT2D eigenvalue weighted by Gasteiger charge is -2.14. The molecule has 0 unspecified atom stereocenters. The zero-order chi connectivity index (χ0) is 17.5. The summed E-state index contributed by atoms with van der Waals surface area (Å²) in [5, 5.41) is 4.10. The zero-order valence-corrected chi connectivity index (χ0v) is 14.2. The summed E-state index contributed by atoms with van der Waals surface area (Å²) in [5.74, 6) is 0.774. The van der Waals surface area contributed by atoms with Gasteiger partial charge in [-0.25, -0.2) is 5.43 Å². The van der Waals surface area contributed by atoms with E-state index in [1.54, 1.807) is 37.5 Å². The molecule has 2 aromatic rings. The number of rotatable bonds is 6. The Bertz CT molecular complexity index is 728. The van der Waals surface area contributed by atoms with E-state index in [1.165, 1.54) is 7.11 Å². The number of hydrogen-bond donors (Lipinski definition) is 1. The van der Waals surface area contributed by atoms with Crippen LogP contribution in [0.5, 0.6) is 11.5 Å². The molecule has 1 amide bonds.